The van der Waals surface area contributed by atoms with Crippen molar-refractivity contribution in [2.24, 2.45) is 0 Å². The molecule has 1 N–H and O–H groups in total. The molecule has 0 radical (unpaired) electrons. The fraction of sp³-hybridized carbons (Fsp3) is 0.286. The number of imide groups is 1. The molecule has 0 heterocycles. The molecule has 0 saturated heterocycles. The zero-order chi connectivity index (χ0) is 26.3. The number of hydrogen-bond donors (Lipinski definition) is 1. The molecular formula is C28H33Cl2N4O2+. The minimum absolute atomic E-state index is 0.229. The van der Waals surface area contributed by atoms with Gasteiger partial charge >= 0.3 is 12.1 Å². The van der Waals surface area contributed by atoms with Crippen molar-refractivity contribution < 1.29 is 9.59 Å². The number of amides is 4. The molecule has 6 nitrogen and oxygen atoms in total. The molecule has 0 aliphatic rings. The van der Waals surface area contributed by atoms with Crippen LogP contribution in [-0.4, -0.2) is 38.2 Å². The van der Waals surface area contributed by atoms with Gasteiger partial charge < -0.3 is 5.32 Å². The highest BCUT2D eigenvalue weighted by molar-refractivity contribution is 6.31. The molecule has 0 atom stereocenters. The Balaban J connectivity index is 2.19. The predicted molar refractivity (Wildman–Crippen MR) is 153 cm³/mol. The molecule has 0 saturated carbocycles. The lowest BCUT2D eigenvalue weighted by Crippen LogP contribution is -2.67. The number of benzene rings is 3. The van der Waals surface area contributed by atoms with Crippen LogP contribution in [0.4, 0.5) is 32.3 Å². The Kier molecular flexibility index (Phi) is 9.37. The Labute approximate surface area is 223 Å². The van der Waals surface area contributed by atoms with E-state index in [1.54, 1.807) is 58.3 Å². The zero-order valence-corrected chi connectivity index (χ0v) is 22.7. The molecule has 0 bridgehead atoms. The number of nitrogens with zero attached hydrogens (tertiary/aromatic N) is 3. The standard InChI is InChI=1S/C28H33Cl2N4O2/c1-5-31-23-13-19-26(20-14-23)34(8-4,27(35)32(6-2)24-15-9-21(29)10-16-24)28(36)33(7-3)25-17-11-22(30)12-18-25/h9-20,31H,5-8H2,1-4H3/q+1. The van der Waals surface area contributed by atoms with Gasteiger partial charge in [-0.1, -0.05) is 23.2 Å². The van der Waals surface area contributed by atoms with E-state index in [0.717, 1.165) is 12.2 Å². The molecule has 0 aliphatic heterocycles. The average Bonchev–Trinajstić information content (AvgIpc) is 2.89. The van der Waals surface area contributed by atoms with E-state index in [1.165, 1.54) is 0 Å². The Morgan fingerprint density at radius 3 is 1.44 bits per heavy atom. The van der Waals surface area contributed by atoms with E-state index in [0.29, 0.717) is 40.2 Å². The Morgan fingerprint density at radius 1 is 0.694 bits per heavy atom. The first-order chi connectivity index (χ1) is 17.3. The largest absolute Gasteiger partial charge is 0.437 e. The van der Waals surface area contributed by atoms with Gasteiger partial charge in [-0.2, -0.15) is 0 Å². The van der Waals surface area contributed by atoms with Crippen LogP contribution in [0, 0.1) is 0 Å². The van der Waals surface area contributed by atoms with Crippen LogP contribution >= 0.6 is 23.2 Å². The first-order valence-corrected chi connectivity index (χ1v) is 13.0. The SMILES string of the molecule is CCNc1ccc([N+](CC)(C(=O)N(CC)c2ccc(Cl)cc2)C(=O)N(CC)c2ccc(Cl)cc2)cc1. The van der Waals surface area contributed by atoms with E-state index >= 15 is 0 Å². The second-order valence-corrected chi connectivity index (χ2v) is 9.08. The summed E-state index contributed by atoms with van der Waals surface area (Å²) in [5, 5.41) is 4.42. The van der Waals surface area contributed by atoms with Crippen molar-refractivity contribution in [2.75, 3.05) is 41.3 Å². The second-order valence-electron chi connectivity index (χ2n) is 8.21. The lowest BCUT2D eigenvalue weighted by Gasteiger charge is -2.38. The van der Waals surface area contributed by atoms with Crippen LogP contribution in [0.2, 0.25) is 10.0 Å². The summed E-state index contributed by atoms with van der Waals surface area (Å²) in [7, 11) is 0. The number of nitrogens with one attached hydrogen (secondary N) is 1. The third-order valence-electron chi connectivity index (χ3n) is 6.19. The van der Waals surface area contributed by atoms with Crippen molar-refractivity contribution in [1.82, 2.24) is 4.48 Å². The Morgan fingerprint density at radius 2 is 1.11 bits per heavy atom. The summed E-state index contributed by atoms with van der Waals surface area (Å²) in [6.07, 6.45) is 0. The van der Waals surface area contributed by atoms with Gasteiger partial charge in [0.2, 0.25) is 0 Å². The number of urea groups is 2. The topological polar surface area (TPSA) is 52.7 Å². The number of anilines is 3. The van der Waals surface area contributed by atoms with Crippen LogP contribution in [0.25, 0.3) is 0 Å². The summed E-state index contributed by atoms with van der Waals surface area (Å²) >= 11 is 12.2. The highest BCUT2D eigenvalue weighted by Gasteiger charge is 2.51. The minimum atomic E-state index is -0.515. The van der Waals surface area contributed by atoms with Crippen molar-refractivity contribution in [3.05, 3.63) is 82.8 Å². The molecule has 0 unspecified atom stereocenters. The first-order valence-electron chi connectivity index (χ1n) is 12.2. The summed E-state index contributed by atoms with van der Waals surface area (Å²) < 4.78 is -0.515. The van der Waals surface area contributed by atoms with Crippen LogP contribution in [0.3, 0.4) is 0 Å². The van der Waals surface area contributed by atoms with E-state index in [9.17, 15) is 9.59 Å². The number of quaternary nitrogens is 1. The molecule has 0 aliphatic carbocycles. The Hall–Kier alpha value is -3.06. The van der Waals surface area contributed by atoms with Gasteiger partial charge in [-0.25, -0.2) is 9.59 Å². The quantitative estimate of drug-likeness (QED) is 0.301. The van der Waals surface area contributed by atoms with Gasteiger partial charge in [0.1, 0.15) is 0 Å². The molecule has 0 aromatic heterocycles. The maximum atomic E-state index is 14.5. The minimum Gasteiger partial charge on any atom is -0.385 e. The van der Waals surface area contributed by atoms with E-state index in [1.807, 2.05) is 52.0 Å². The van der Waals surface area contributed by atoms with Crippen LogP contribution in [0.5, 0.6) is 0 Å². The molecule has 3 aromatic carbocycles. The van der Waals surface area contributed by atoms with Crippen molar-refractivity contribution in [3.63, 3.8) is 0 Å². The summed E-state index contributed by atoms with van der Waals surface area (Å²) in [6, 6.07) is 21.0. The summed E-state index contributed by atoms with van der Waals surface area (Å²) in [6.45, 7) is 9.44. The van der Waals surface area contributed by atoms with E-state index in [2.05, 4.69) is 5.32 Å². The van der Waals surface area contributed by atoms with Crippen LogP contribution in [0.1, 0.15) is 27.7 Å². The molecule has 3 aromatic rings. The fourth-order valence-electron chi connectivity index (χ4n) is 4.30. The smallest absolute Gasteiger partial charge is 0.385 e. The molecule has 3 rings (SSSR count). The van der Waals surface area contributed by atoms with Gasteiger partial charge in [0.25, 0.3) is 0 Å². The predicted octanol–water partition coefficient (Wildman–Crippen LogP) is 8.05. The molecule has 4 amide bonds. The van der Waals surface area contributed by atoms with E-state index in [-0.39, 0.29) is 18.6 Å². The summed E-state index contributed by atoms with van der Waals surface area (Å²) in [4.78, 5) is 32.2. The monoisotopic (exact) mass is 527 g/mol. The number of hydrogen-bond acceptors (Lipinski definition) is 3. The van der Waals surface area contributed by atoms with Crippen molar-refractivity contribution in [2.45, 2.75) is 27.7 Å². The van der Waals surface area contributed by atoms with Crippen LogP contribution < -0.4 is 19.6 Å². The normalized spacial score (nSPS) is 11.2. The van der Waals surface area contributed by atoms with E-state index in [4.69, 9.17) is 23.2 Å². The third-order valence-corrected chi connectivity index (χ3v) is 6.69. The molecule has 0 spiro atoms. The van der Waals surface area contributed by atoms with Gasteiger partial charge in [-0.15, -0.1) is 4.48 Å². The maximum Gasteiger partial charge on any atom is 0.437 e. The fourth-order valence-corrected chi connectivity index (χ4v) is 4.56. The number of halogens is 2. The Bertz CT molecular complexity index is 1100. The number of carbonyl (C=O) groups is 2. The number of rotatable bonds is 8. The number of carbonyl (C=O) groups excluding carboxylic acids is 2. The highest BCUT2D eigenvalue weighted by Crippen LogP contribution is 2.33. The molecule has 8 heteroatoms. The maximum absolute atomic E-state index is 14.5. The van der Waals surface area contributed by atoms with Gasteiger partial charge in [-0.05, 0) is 88.4 Å². The lowest BCUT2D eigenvalue weighted by molar-refractivity contribution is 0.196. The molecule has 36 heavy (non-hydrogen) atoms. The lowest BCUT2D eigenvalue weighted by atomic mass is 10.2. The van der Waals surface area contributed by atoms with Crippen molar-refractivity contribution in [1.29, 1.82) is 0 Å². The first kappa shape index (κ1) is 27.5. The van der Waals surface area contributed by atoms with Gasteiger partial charge in [-0.3, -0.25) is 9.80 Å². The van der Waals surface area contributed by atoms with Crippen molar-refractivity contribution >= 4 is 58.0 Å². The molecule has 0 fully saturated rings. The molecular weight excluding hydrogens is 495 g/mol. The van der Waals surface area contributed by atoms with E-state index < -0.39 is 4.48 Å². The van der Waals surface area contributed by atoms with Gasteiger partial charge in [0, 0.05) is 58.9 Å². The molecule has 190 valence electrons. The summed E-state index contributed by atoms with van der Waals surface area (Å²) in [5.41, 5.74) is 2.86. The van der Waals surface area contributed by atoms with Crippen molar-refractivity contribution in [3.8, 4) is 0 Å². The third kappa shape index (κ3) is 5.51. The zero-order valence-electron chi connectivity index (χ0n) is 21.2. The van der Waals surface area contributed by atoms with Gasteiger partial charge in [0.15, 0.2) is 5.69 Å². The average molecular weight is 529 g/mol. The second kappa shape index (κ2) is 12.3. The van der Waals surface area contributed by atoms with Gasteiger partial charge in [0.05, 0.1) is 6.54 Å². The van der Waals surface area contributed by atoms with Crippen LogP contribution in [-0.2, 0) is 0 Å². The van der Waals surface area contributed by atoms with Crippen LogP contribution in [0.15, 0.2) is 72.8 Å². The summed E-state index contributed by atoms with van der Waals surface area (Å²) in [5.74, 6) is 0. The highest BCUT2D eigenvalue weighted by atomic mass is 35.5.